The maximum Gasteiger partial charge on any atom is 0.0318 e. The fourth-order valence-corrected chi connectivity index (χ4v) is 1.48. The number of halogens is 2. The van der Waals surface area contributed by atoms with Gasteiger partial charge in [0, 0.05) is 13.2 Å². The molecule has 0 amide bonds. The Morgan fingerprint density at radius 2 is 1.27 bits per heavy atom. The summed E-state index contributed by atoms with van der Waals surface area (Å²) in [6.07, 6.45) is 17.5. The molecule has 124 valence electrons. The molecule has 0 saturated carbocycles. The van der Waals surface area contributed by atoms with Crippen molar-refractivity contribution in [2.24, 2.45) is 0 Å². The van der Waals surface area contributed by atoms with Crippen LogP contribution in [0.5, 0.6) is 0 Å². The predicted octanol–water partition coefficient (Wildman–Crippen LogP) is -3.13. The van der Waals surface area contributed by atoms with Gasteiger partial charge in [-0.3, -0.25) is 12.2 Å². The summed E-state index contributed by atoms with van der Waals surface area (Å²) in [5.74, 6) is 0. The van der Waals surface area contributed by atoms with E-state index in [9.17, 15) is 0 Å². The molecule has 0 atom stereocenters. The average Bonchev–Trinajstić information content (AvgIpc) is 3.03. The van der Waals surface area contributed by atoms with Crippen molar-refractivity contribution >= 4 is 3.21 Å². The Morgan fingerprint density at radius 1 is 0.955 bits per heavy atom. The fourth-order valence-electron chi connectivity index (χ4n) is 1.48. The summed E-state index contributed by atoms with van der Waals surface area (Å²) >= 11 is 1.55. The van der Waals surface area contributed by atoms with Crippen LogP contribution < -0.4 is 24.8 Å². The van der Waals surface area contributed by atoms with Gasteiger partial charge in [-0.25, -0.2) is 12.2 Å². The molecule has 0 fully saturated rings. The van der Waals surface area contributed by atoms with Gasteiger partial charge < -0.3 is 35.0 Å². The van der Waals surface area contributed by atoms with Crippen LogP contribution in [0.2, 0.25) is 0 Å². The van der Waals surface area contributed by atoms with Crippen LogP contribution in [0.1, 0.15) is 39.5 Å². The monoisotopic (exact) mass is 420 g/mol. The van der Waals surface area contributed by atoms with Crippen molar-refractivity contribution < 1.29 is 59.3 Å². The summed E-state index contributed by atoms with van der Waals surface area (Å²) in [7, 11) is 0. The Bertz CT molecular complexity index is 363. The van der Waals surface area contributed by atoms with Crippen molar-refractivity contribution in [1.29, 1.82) is 0 Å². The van der Waals surface area contributed by atoms with E-state index in [0.717, 1.165) is 25.7 Å². The number of aliphatic hydroxyl groups excluding tert-OH is 2. The van der Waals surface area contributed by atoms with Gasteiger partial charge in [-0.15, -0.1) is 12.8 Å². The summed E-state index contributed by atoms with van der Waals surface area (Å²) in [4.78, 5) is 0. The first-order chi connectivity index (χ1) is 9.60. The second-order valence-corrected chi connectivity index (χ2v) is 7.07. The van der Waals surface area contributed by atoms with E-state index in [1.54, 1.807) is 24.2 Å². The SMILES string of the molecule is C[C](C)=[Zr+2].OCCC1=CC[C-]=C1.OCCC1=CC[C-]=C1.[Cl-].[Cl-]. The summed E-state index contributed by atoms with van der Waals surface area (Å²) in [6, 6.07) is 0. The van der Waals surface area contributed by atoms with E-state index in [2.05, 4.69) is 38.2 Å². The van der Waals surface area contributed by atoms with Gasteiger partial charge in [0.15, 0.2) is 0 Å². The average molecular weight is 423 g/mol. The molecule has 2 rings (SSSR count). The van der Waals surface area contributed by atoms with Crippen molar-refractivity contribution in [3.05, 3.63) is 47.6 Å². The quantitative estimate of drug-likeness (QED) is 0.471. The van der Waals surface area contributed by atoms with Gasteiger partial charge in [0.05, 0.1) is 0 Å². The third kappa shape index (κ3) is 18.3. The summed E-state index contributed by atoms with van der Waals surface area (Å²) in [6.45, 7) is 4.75. The van der Waals surface area contributed by atoms with Crippen LogP contribution in [-0.2, 0) is 24.2 Å². The van der Waals surface area contributed by atoms with E-state index in [1.165, 1.54) is 14.4 Å². The number of allylic oxidation sites excluding steroid dienone is 6. The molecular formula is C17H24Cl2O2Zr-2. The van der Waals surface area contributed by atoms with E-state index < -0.39 is 0 Å². The number of rotatable bonds is 4. The smallest absolute Gasteiger partial charge is 0.0318 e. The molecule has 2 aliphatic rings. The van der Waals surface area contributed by atoms with E-state index in [-0.39, 0.29) is 38.0 Å². The van der Waals surface area contributed by atoms with Crippen molar-refractivity contribution in [3.63, 3.8) is 0 Å². The molecule has 0 heterocycles. The molecule has 0 saturated heterocycles. The van der Waals surface area contributed by atoms with Gasteiger partial charge in [0.25, 0.3) is 0 Å². The standard InChI is InChI=1S/2C7H9O.C3H6.2ClH.Zr/c2*8-6-5-7-3-1-2-4-7;1-3-2;;;/h2*3-4,8H,1,5-6H2;1-2H3;2*1H;/q2*-1;;;;+2/p-2. The van der Waals surface area contributed by atoms with E-state index in [4.69, 9.17) is 10.2 Å². The van der Waals surface area contributed by atoms with Gasteiger partial charge in [-0.1, -0.05) is 12.8 Å². The Hall–Kier alpha value is 0.213. The second-order valence-electron chi connectivity index (χ2n) is 4.61. The maximum absolute atomic E-state index is 8.44. The molecule has 0 aliphatic heterocycles. The first-order valence-electron chi connectivity index (χ1n) is 6.85. The molecular weight excluding hydrogens is 398 g/mol. The molecule has 2 nitrogen and oxygen atoms in total. The van der Waals surface area contributed by atoms with Crippen molar-refractivity contribution in [2.75, 3.05) is 13.2 Å². The zero-order chi connectivity index (χ0) is 15.2. The molecule has 2 N–H and O–H groups in total. The molecule has 0 aromatic heterocycles. The van der Waals surface area contributed by atoms with Gasteiger partial charge in [-0.2, -0.15) is 23.3 Å². The number of aliphatic hydroxyl groups is 2. The molecule has 2 aliphatic carbocycles. The van der Waals surface area contributed by atoms with Crippen molar-refractivity contribution in [1.82, 2.24) is 0 Å². The minimum atomic E-state index is 0. The molecule has 5 heteroatoms. The van der Waals surface area contributed by atoms with Gasteiger partial charge in [-0.05, 0) is 0 Å². The Balaban J connectivity index is -0.000000249. The van der Waals surface area contributed by atoms with Gasteiger partial charge >= 0.3 is 41.3 Å². The van der Waals surface area contributed by atoms with Crippen LogP contribution in [0.3, 0.4) is 0 Å². The third-order valence-corrected chi connectivity index (χ3v) is 2.34. The Kier molecular flexibility index (Phi) is 23.7. The molecule has 0 aromatic rings. The topological polar surface area (TPSA) is 40.5 Å². The second kappa shape index (κ2) is 19.3. The Morgan fingerprint density at radius 3 is 1.45 bits per heavy atom. The third-order valence-electron chi connectivity index (χ3n) is 2.34. The Labute approximate surface area is 162 Å². The molecule has 0 radical (unpaired) electrons. The zero-order valence-corrected chi connectivity index (χ0v) is 17.2. The summed E-state index contributed by atoms with van der Waals surface area (Å²) < 4.78 is 1.51. The van der Waals surface area contributed by atoms with Crippen LogP contribution in [-0.4, -0.2) is 26.6 Å². The van der Waals surface area contributed by atoms with Crippen molar-refractivity contribution in [2.45, 2.75) is 39.5 Å². The number of hydrogen-bond acceptors (Lipinski definition) is 2. The molecule has 22 heavy (non-hydrogen) atoms. The first-order valence-corrected chi connectivity index (χ1v) is 8.07. The van der Waals surface area contributed by atoms with E-state index in [0.29, 0.717) is 0 Å². The van der Waals surface area contributed by atoms with Gasteiger partial charge in [0.2, 0.25) is 0 Å². The van der Waals surface area contributed by atoms with Crippen LogP contribution in [0.4, 0.5) is 0 Å². The normalized spacial score (nSPS) is 13.5. The zero-order valence-electron chi connectivity index (χ0n) is 13.2. The molecule has 0 aromatic carbocycles. The van der Waals surface area contributed by atoms with Crippen LogP contribution in [0.15, 0.2) is 35.5 Å². The van der Waals surface area contributed by atoms with Crippen molar-refractivity contribution in [3.8, 4) is 0 Å². The van der Waals surface area contributed by atoms with Gasteiger partial charge in [0.1, 0.15) is 0 Å². The molecule has 0 spiro atoms. The van der Waals surface area contributed by atoms with Crippen LogP contribution in [0, 0.1) is 12.2 Å². The predicted molar refractivity (Wildman–Crippen MR) is 80.8 cm³/mol. The maximum atomic E-state index is 8.44. The van der Waals surface area contributed by atoms with Crippen LogP contribution >= 0.6 is 0 Å². The number of hydrogen-bond donors (Lipinski definition) is 2. The summed E-state index contributed by atoms with van der Waals surface area (Å²) in [5.41, 5.74) is 2.43. The molecule has 0 bridgehead atoms. The minimum absolute atomic E-state index is 0. The minimum Gasteiger partial charge on any atom is -1.00 e. The largest absolute Gasteiger partial charge is 1.00 e. The fraction of sp³-hybridized carbons (Fsp3) is 0.471. The molecule has 0 unspecified atom stereocenters. The van der Waals surface area contributed by atoms with E-state index >= 15 is 0 Å². The first kappa shape index (κ1) is 27.1. The van der Waals surface area contributed by atoms with Crippen LogP contribution in [0.25, 0.3) is 0 Å². The van der Waals surface area contributed by atoms with E-state index in [1.807, 2.05) is 12.2 Å². The summed E-state index contributed by atoms with van der Waals surface area (Å²) in [5, 5.41) is 16.9.